The number of carbonyl (C=O) groups is 3. The number of likely N-dealkylation sites (tertiary alicyclic amines) is 1. The van der Waals surface area contributed by atoms with Crippen LogP contribution in [0.15, 0.2) is 29.2 Å². The van der Waals surface area contributed by atoms with Gasteiger partial charge in [0.2, 0.25) is 5.91 Å². The molecule has 0 aliphatic carbocycles. The molecular formula is C19H22ClN3O4S. The summed E-state index contributed by atoms with van der Waals surface area (Å²) in [6, 6.07) is 7.08. The van der Waals surface area contributed by atoms with Gasteiger partial charge in [0.15, 0.2) is 0 Å². The van der Waals surface area contributed by atoms with Crippen molar-refractivity contribution in [1.82, 2.24) is 15.1 Å². The zero-order valence-electron chi connectivity index (χ0n) is 15.3. The molecule has 0 spiro atoms. The molecule has 9 heteroatoms. The Morgan fingerprint density at radius 3 is 2.89 bits per heavy atom. The molecule has 1 atom stereocenters. The monoisotopic (exact) mass is 423 g/mol. The van der Waals surface area contributed by atoms with Crippen molar-refractivity contribution in [3.63, 3.8) is 0 Å². The first kappa shape index (κ1) is 20.9. The Morgan fingerprint density at radius 1 is 1.36 bits per heavy atom. The molecule has 3 amide bonds. The van der Waals surface area contributed by atoms with E-state index in [-0.39, 0.29) is 42.8 Å². The molecule has 2 aliphatic rings. The average molecular weight is 424 g/mol. The summed E-state index contributed by atoms with van der Waals surface area (Å²) < 4.78 is 0. The highest BCUT2D eigenvalue weighted by atomic mass is 35.5. The van der Waals surface area contributed by atoms with E-state index >= 15 is 0 Å². The van der Waals surface area contributed by atoms with Gasteiger partial charge in [-0.25, -0.2) is 0 Å². The second-order valence-corrected chi connectivity index (χ2v) is 8.14. The van der Waals surface area contributed by atoms with Crippen molar-refractivity contribution >= 4 is 46.5 Å². The summed E-state index contributed by atoms with van der Waals surface area (Å²) in [6.07, 6.45) is 2.84. The van der Waals surface area contributed by atoms with E-state index in [2.05, 4.69) is 5.32 Å². The summed E-state index contributed by atoms with van der Waals surface area (Å²) in [5, 5.41) is 12.5. The average Bonchev–Trinajstić information content (AvgIpc) is 2.91. The Morgan fingerprint density at radius 2 is 2.14 bits per heavy atom. The molecule has 7 nitrogen and oxygen atoms in total. The number of rotatable bonds is 6. The lowest BCUT2D eigenvalue weighted by molar-refractivity contribution is -0.125. The standard InChI is InChI=1S/C19H22ClN3O4S/c20-15-6-2-1-4-13(15)10-16-18(26)23(19(27)28-16)9-7-21-17(25)12-22-8-3-5-14(24)11-22/h1-2,4,6,10,14,24H,3,5,7-9,11-12H2,(H,21,25)/b16-10-/t14-/m0/s1. The molecule has 0 saturated carbocycles. The van der Waals surface area contributed by atoms with Gasteiger partial charge in [0, 0.05) is 24.7 Å². The molecule has 0 aromatic heterocycles. The Labute approximate surface area is 172 Å². The van der Waals surface area contributed by atoms with Crippen LogP contribution in [0.2, 0.25) is 5.02 Å². The van der Waals surface area contributed by atoms with E-state index in [0.717, 1.165) is 36.0 Å². The highest BCUT2D eigenvalue weighted by molar-refractivity contribution is 8.18. The fraction of sp³-hybridized carbons (Fsp3) is 0.421. The smallest absolute Gasteiger partial charge is 0.293 e. The summed E-state index contributed by atoms with van der Waals surface area (Å²) in [7, 11) is 0. The predicted molar refractivity (Wildman–Crippen MR) is 109 cm³/mol. The van der Waals surface area contributed by atoms with E-state index in [1.807, 2.05) is 4.90 Å². The van der Waals surface area contributed by atoms with E-state index in [0.29, 0.717) is 22.0 Å². The van der Waals surface area contributed by atoms with Crippen LogP contribution in [-0.2, 0) is 9.59 Å². The topological polar surface area (TPSA) is 90.0 Å². The fourth-order valence-corrected chi connectivity index (χ4v) is 4.21. The van der Waals surface area contributed by atoms with Crippen LogP contribution in [-0.4, -0.2) is 70.8 Å². The van der Waals surface area contributed by atoms with Crippen LogP contribution < -0.4 is 5.32 Å². The van der Waals surface area contributed by atoms with Crippen LogP contribution in [0.3, 0.4) is 0 Å². The molecule has 0 radical (unpaired) electrons. The van der Waals surface area contributed by atoms with Crippen molar-refractivity contribution in [1.29, 1.82) is 0 Å². The summed E-state index contributed by atoms with van der Waals surface area (Å²) >= 11 is 6.96. The summed E-state index contributed by atoms with van der Waals surface area (Å²) in [5.41, 5.74) is 0.673. The molecule has 2 N–H and O–H groups in total. The molecule has 150 valence electrons. The Bertz CT molecular complexity index is 801. The fourth-order valence-electron chi connectivity index (χ4n) is 3.17. The quantitative estimate of drug-likeness (QED) is 0.680. The number of amides is 3. The number of thioether (sulfide) groups is 1. The lowest BCUT2D eigenvalue weighted by atomic mass is 10.1. The maximum atomic E-state index is 12.5. The van der Waals surface area contributed by atoms with Gasteiger partial charge in [-0.2, -0.15) is 0 Å². The Hall–Kier alpha value is -1.87. The second-order valence-electron chi connectivity index (χ2n) is 6.74. The maximum Gasteiger partial charge on any atom is 0.293 e. The van der Waals surface area contributed by atoms with Crippen molar-refractivity contribution in [2.75, 3.05) is 32.7 Å². The van der Waals surface area contributed by atoms with Gasteiger partial charge in [0.1, 0.15) is 0 Å². The van der Waals surface area contributed by atoms with Gasteiger partial charge in [-0.15, -0.1) is 0 Å². The minimum absolute atomic E-state index is 0.110. The molecule has 2 aliphatic heterocycles. The molecular weight excluding hydrogens is 402 g/mol. The van der Waals surface area contributed by atoms with E-state index in [4.69, 9.17) is 11.6 Å². The molecule has 0 bridgehead atoms. The third kappa shape index (κ3) is 5.35. The first-order valence-electron chi connectivity index (χ1n) is 9.11. The first-order chi connectivity index (χ1) is 13.4. The summed E-state index contributed by atoms with van der Waals surface area (Å²) in [4.78, 5) is 40.0. The third-order valence-corrected chi connectivity index (χ3v) is 5.82. The molecule has 2 heterocycles. The van der Waals surface area contributed by atoms with Gasteiger partial charge < -0.3 is 10.4 Å². The normalized spacial score (nSPS) is 22.1. The van der Waals surface area contributed by atoms with Gasteiger partial charge in [0.25, 0.3) is 11.1 Å². The molecule has 2 fully saturated rings. The van der Waals surface area contributed by atoms with Crippen molar-refractivity contribution in [3.8, 4) is 0 Å². The predicted octanol–water partition coefficient (Wildman–Crippen LogP) is 1.95. The number of imide groups is 1. The summed E-state index contributed by atoms with van der Waals surface area (Å²) in [5.74, 6) is -0.573. The number of benzene rings is 1. The van der Waals surface area contributed by atoms with Gasteiger partial charge in [0.05, 0.1) is 17.6 Å². The zero-order valence-corrected chi connectivity index (χ0v) is 16.8. The number of nitrogens with one attached hydrogen (secondary N) is 1. The number of halogens is 1. The van der Waals surface area contributed by atoms with Gasteiger partial charge in [-0.05, 0) is 48.9 Å². The van der Waals surface area contributed by atoms with Gasteiger partial charge in [-0.1, -0.05) is 29.8 Å². The zero-order chi connectivity index (χ0) is 20.1. The molecule has 2 saturated heterocycles. The van der Waals surface area contributed by atoms with Crippen LogP contribution in [0.1, 0.15) is 18.4 Å². The highest BCUT2D eigenvalue weighted by Gasteiger charge is 2.34. The summed E-state index contributed by atoms with van der Waals surface area (Å²) in [6.45, 7) is 1.76. The number of β-amino-alcohol motifs (C(OH)–C–C–N with tert-alkyl or cyclic N) is 1. The molecule has 1 aromatic rings. The molecule has 0 unspecified atom stereocenters. The van der Waals surface area contributed by atoms with E-state index in [1.165, 1.54) is 0 Å². The minimum atomic E-state index is -0.387. The largest absolute Gasteiger partial charge is 0.392 e. The number of aliphatic hydroxyl groups is 1. The van der Waals surface area contributed by atoms with Crippen LogP contribution in [0.4, 0.5) is 4.79 Å². The van der Waals surface area contributed by atoms with Gasteiger partial charge >= 0.3 is 0 Å². The van der Waals surface area contributed by atoms with Crippen molar-refractivity contribution < 1.29 is 19.5 Å². The molecule has 28 heavy (non-hydrogen) atoms. The maximum absolute atomic E-state index is 12.5. The van der Waals surface area contributed by atoms with Crippen molar-refractivity contribution in [2.24, 2.45) is 0 Å². The number of carbonyl (C=O) groups excluding carboxylic acids is 3. The van der Waals surface area contributed by atoms with Crippen molar-refractivity contribution in [3.05, 3.63) is 39.8 Å². The second kappa shape index (κ2) is 9.56. The van der Waals surface area contributed by atoms with E-state index < -0.39 is 0 Å². The minimum Gasteiger partial charge on any atom is -0.392 e. The number of hydrogen-bond donors (Lipinski definition) is 2. The first-order valence-corrected chi connectivity index (χ1v) is 10.3. The van der Waals surface area contributed by atoms with E-state index in [1.54, 1.807) is 30.3 Å². The lowest BCUT2D eigenvalue weighted by Gasteiger charge is -2.29. The lowest BCUT2D eigenvalue weighted by Crippen LogP contribution is -2.45. The van der Waals surface area contributed by atoms with Crippen LogP contribution in [0.5, 0.6) is 0 Å². The third-order valence-electron chi connectivity index (χ3n) is 4.57. The number of nitrogens with zero attached hydrogens (tertiary/aromatic N) is 2. The molecule has 3 rings (SSSR count). The Kier molecular flexibility index (Phi) is 7.12. The van der Waals surface area contributed by atoms with Crippen LogP contribution >= 0.6 is 23.4 Å². The van der Waals surface area contributed by atoms with Crippen LogP contribution in [0, 0.1) is 0 Å². The number of hydrogen-bond acceptors (Lipinski definition) is 6. The number of aliphatic hydroxyl groups excluding tert-OH is 1. The van der Waals surface area contributed by atoms with Gasteiger partial charge in [-0.3, -0.25) is 24.2 Å². The van der Waals surface area contributed by atoms with E-state index in [9.17, 15) is 19.5 Å². The van der Waals surface area contributed by atoms with Crippen LogP contribution in [0.25, 0.3) is 6.08 Å². The number of piperidine rings is 1. The Balaban J connectivity index is 1.49. The van der Waals surface area contributed by atoms with Crippen molar-refractivity contribution in [2.45, 2.75) is 18.9 Å². The molecule has 1 aromatic carbocycles. The highest BCUT2D eigenvalue weighted by Crippen LogP contribution is 2.33. The SMILES string of the molecule is O=C(CN1CCC[C@H](O)C1)NCCN1C(=O)S/C(=C\c2ccccc2Cl)C1=O.